The van der Waals surface area contributed by atoms with Crippen LogP contribution in [0.5, 0.6) is 11.5 Å². The van der Waals surface area contributed by atoms with Gasteiger partial charge in [0.05, 0.1) is 27.8 Å². The fraction of sp³-hybridized carbons (Fsp3) is 0.280. The van der Waals surface area contributed by atoms with E-state index in [2.05, 4.69) is 20.1 Å². The zero-order chi connectivity index (χ0) is 24.3. The number of rotatable bonds is 5. The van der Waals surface area contributed by atoms with E-state index < -0.39 is 5.92 Å². The Morgan fingerprint density at radius 2 is 1.77 bits per heavy atom. The Balaban J connectivity index is 1.29. The lowest BCUT2D eigenvalue weighted by Crippen LogP contribution is -2.37. The average molecular weight is 495 g/mol. The maximum Gasteiger partial charge on any atom is 0.248 e. The molecule has 2 aromatic carbocycles. The Morgan fingerprint density at radius 3 is 2.54 bits per heavy atom. The van der Waals surface area contributed by atoms with Crippen LogP contribution in [-0.4, -0.2) is 35.6 Å². The van der Waals surface area contributed by atoms with E-state index >= 15 is 0 Å². The maximum atomic E-state index is 13.2. The van der Waals surface area contributed by atoms with Crippen LogP contribution in [0.3, 0.4) is 0 Å². The van der Waals surface area contributed by atoms with Crippen molar-refractivity contribution >= 4 is 33.7 Å². The van der Waals surface area contributed by atoms with Gasteiger partial charge in [-0.15, -0.1) is 0 Å². The number of alkyl halides is 2. The van der Waals surface area contributed by atoms with Gasteiger partial charge in [0.1, 0.15) is 23.0 Å². The highest BCUT2D eigenvalue weighted by molar-refractivity contribution is 6.32. The van der Waals surface area contributed by atoms with Gasteiger partial charge in [0.2, 0.25) is 5.92 Å². The molecule has 1 N–H and O–H groups in total. The number of aromatic nitrogens is 6. The molecule has 0 saturated heterocycles. The Kier molecular flexibility index (Phi) is 5.00. The molecule has 0 bridgehead atoms. The quantitative estimate of drug-likeness (QED) is 0.302. The summed E-state index contributed by atoms with van der Waals surface area (Å²) in [5.41, 5.74) is 4.95. The predicted octanol–water partition coefficient (Wildman–Crippen LogP) is 6.48. The number of hydrogen-bond donors (Lipinski definition) is 1. The van der Waals surface area contributed by atoms with Crippen LogP contribution in [0.1, 0.15) is 24.4 Å². The first-order valence-electron chi connectivity index (χ1n) is 11.3. The van der Waals surface area contributed by atoms with Crippen molar-refractivity contribution < 1.29 is 13.5 Å². The molecule has 6 rings (SSSR count). The fourth-order valence-corrected chi connectivity index (χ4v) is 4.82. The van der Waals surface area contributed by atoms with E-state index in [0.29, 0.717) is 40.5 Å². The number of benzene rings is 2. The van der Waals surface area contributed by atoms with Gasteiger partial charge in [0.15, 0.2) is 5.15 Å². The van der Waals surface area contributed by atoms with Gasteiger partial charge < -0.3 is 9.72 Å². The van der Waals surface area contributed by atoms with Gasteiger partial charge in [-0.1, -0.05) is 11.6 Å². The summed E-state index contributed by atoms with van der Waals surface area (Å²) >= 11 is 6.48. The second kappa shape index (κ2) is 7.98. The number of nitrogens with zero attached hydrogens (tertiary/aromatic N) is 5. The van der Waals surface area contributed by atoms with E-state index in [-0.39, 0.29) is 23.9 Å². The molecule has 3 aromatic heterocycles. The number of imidazole rings is 1. The van der Waals surface area contributed by atoms with E-state index in [1.54, 1.807) is 23.0 Å². The molecule has 178 valence electrons. The number of nitrogens with one attached hydrogen (secondary N) is 1. The van der Waals surface area contributed by atoms with Crippen LogP contribution in [0.15, 0.2) is 42.6 Å². The van der Waals surface area contributed by atoms with Crippen molar-refractivity contribution in [1.29, 1.82) is 0 Å². The third-order valence-electron chi connectivity index (χ3n) is 6.22. The van der Waals surface area contributed by atoms with Gasteiger partial charge in [-0.2, -0.15) is 5.10 Å². The van der Waals surface area contributed by atoms with E-state index in [4.69, 9.17) is 21.3 Å². The zero-order valence-corrected chi connectivity index (χ0v) is 19.8. The highest BCUT2D eigenvalue weighted by Crippen LogP contribution is 2.43. The number of halogens is 3. The van der Waals surface area contributed by atoms with Crippen LogP contribution < -0.4 is 4.74 Å². The average Bonchev–Trinajstić information content (AvgIpc) is 3.32. The molecule has 1 aliphatic rings. The van der Waals surface area contributed by atoms with Crippen LogP contribution in [-0.2, 0) is 6.54 Å². The highest BCUT2D eigenvalue weighted by Gasteiger charge is 2.45. The van der Waals surface area contributed by atoms with Crippen molar-refractivity contribution in [2.75, 3.05) is 0 Å². The van der Waals surface area contributed by atoms with Gasteiger partial charge in [0, 0.05) is 43.3 Å². The number of aromatic amines is 1. The monoisotopic (exact) mass is 494 g/mol. The minimum Gasteiger partial charge on any atom is -0.457 e. The summed E-state index contributed by atoms with van der Waals surface area (Å²) in [6.07, 6.45) is 1.59. The Morgan fingerprint density at radius 1 is 1.03 bits per heavy atom. The zero-order valence-electron chi connectivity index (χ0n) is 19.0. The number of fused-ring (bicyclic) bond motifs is 2. The molecule has 0 atom stereocenters. The second-order valence-electron chi connectivity index (χ2n) is 9.10. The van der Waals surface area contributed by atoms with Crippen LogP contribution in [0, 0.1) is 19.8 Å². The lowest BCUT2D eigenvalue weighted by atomic mass is 9.81. The first-order valence-corrected chi connectivity index (χ1v) is 11.6. The molecule has 1 fully saturated rings. The van der Waals surface area contributed by atoms with E-state index in [1.165, 1.54) is 0 Å². The molecule has 1 saturated carbocycles. The lowest BCUT2D eigenvalue weighted by Gasteiger charge is -2.34. The molecule has 7 nitrogen and oxygen atoms in total. The summed E-state index contributed by atoms with van der Waals surface area (Å²) in [6, 6.07) is 11.1. The van der Waals surface area contributed by atoms with Crippen LogP contribution >= 0.6 is 11.6 Å². The second-order valence-corrected chi connectivity index (χ2v) is 9.46. The van der Waals surface area contributed by atoms with Crippen molar-refractivity contribution in [3.8, 4) is 22.8 Å². The van der Waals surface area contributed by atoms with Gasteiger partial charge in [-0.3, -0.25) is 4.68 Å². The smallest absolute Gasteiger partial charge is 0.248 e. The molecule has 35 heavy (non-hydrogen) atoms. The van der Waals surface area contributed by atoms with Crippen molar-refractivity contribution in [1.82, 2.24) is 29.7 Å². The minimum atomic E-state index is -2.55. The molecule has 0 radical (unpaired) electrons. The highest BCUT2D eigenvalue weighted by atomic mass is 35.5. The first-order chi connectivity index (χ1) is 16.7. The van der Waals surface area contributed by atoms with E-state index in [1.807, 2.05) is 38.1 Å². The minimum absolute atomic E-state index is 0.0834. The third-order valence-corrected chi connectivity index (χ3v) is 6.49. The topological polar surface area (TPSA) is 81.5 Å². The number of H-pyrrole nitrogens is 1. The third kappa shape index (κ3) is 4.20. The fourth-order valence-electron chi connectivity index (χ4n) is 4.59. The van der Waals surface area contributed by atoms with Gasteiger partial charge >= 0.3 is 0 Å². The van der Waals surface area contributed by atoms with Crippen LogP contribution in [0.2, 0.25) is 5.15 Å². The molecule has 3 heterocycles. The molecular formula is C25H21ClF2N6O. The Labute approximate surface area is 204 Å². The van der Waals surface area contributed by atoms with Crippen molar-refractivity contribution in [2.24, 2.45) is 5.92 Å². The summed E-state index contributed by atoms with van der Waals surface area (Å²) < 4.78 is 34.2. The molecule has 0 aliphatic heterocycles. The van der Waals surface area contributed by atoms with Gasteiger partial charge in [-0.05, 0) is 44.0 Å². The standard InChI is InChI=1S/C25H21ClF2N6O/c1-13-18(12-34(33-13)11-15-9-25(27,28)10-15)23-24(26)32-20-6-4-17(8-22(20)31-23)35-16-3-5-19-21(7-16)30-14(2)29-19/h3-8,12,15H,9-11H2,1-2H3,(H,29,30). The molecule has 0 unspecified atom stereocenters. The summed E-state index contributed by atoms with van der Waals surface area (Å²) in [4.78, 5) is 16.9. The predicted molar refractivity (Wildman–Crippen MR) is 129 cm³/mol. The molecule has 0 spiro atoms. The summed E-state index contributed by atoms with van der Waals surface area (Å²) in [5.74, 6) is -0.520. The number of hydrogen-bond acceptors (Lipinski definition) is 5. The normalized spacial score (nSPS) is 15.6. The van der Waals surface area contributed by atoms with Gasteiger partial charge in [-0.25, -0.2) is 23.7 Å². The summed E-state index contributed by atoms with van der Waals surface area (Å²) in [6.45, 7) is 4.19. The lowest BCUT2D eigenvalue weighted by molar-refractivity contribution is -0.114. The van der Waals surface area contributed by atoms with E-state index in [0.717, 1.165) is 22.4 Å². The molecule has 10 heteroatoms. The number of aryl methyl sites for hydroxylation is 2. The van der Waals surface area contributed by atoms with E-state index in [9.17, 15) is 8.78 Å². The van der Waals surface area contributed by atoms with Crippen molar-refractivity contribution in [2.45, 2.75) is 39.2 Å². The first kappa shape index (κ1) is 21.9. The maximum absolute atomic E-state index is 13.2. The van der Waals surface area contributed by atoms with Crippen molar-refractivity contribution in [3.63, 3.8) is 0 Å². The molecule has 0 amide bonds. The Hall–Kier alpha value is -3.59. The SMILES string of the molecule is Cc1nc2ccc(Oc3ccc4nc(Cl)c(-c5cn(CC6CC(F)(F)C6)nc5C)nc4c3)cc2[nH]1. The van der Waals surface area contributed by atoms with Crippen molar-refractivity contribution in [3.05, 3.63) is 59.3 Å². The number of ether oxygens (including phenoxy) is 1. The van der Waals surface area contributed by atoms with Crippen LogP contribution in [0.4, 0.5) is 8.78 Å². The largest absolute Gasteiger partial charge is 0.457 e. The van der Waals surface area contributed by atoms with Gasteiger partial charge in [0.25, 0.3) is 0 Å². The summed E-state index contributed by atoms with van der Waals surface area (Å²) in [7, 11) is 0. The summed E-state index contributed by atoms with van der Waals surface area (Å²) in [5, 5.41) is 4.74. The molecule has 1 aliphatic carbocycles. The van der Waals surface area contributed by atoms with Crippen LogP contribution in [0.25, 0.3) is 33.3 Å². The Bertz CT molecular complexity index is 1590. The molecular weight excluding hydrogens is 474 g/mol. The molecule has 5 aromatic rings.